The van der Waals surface area contributed by atoms with Crippen molar-refractivity contribution in [3.05, 3.63) is 28.3 Å². The Labute approximate surface area is 117 Å². The van der Waals surface area contributed by atoms with Gasteiger partial charge in [0.25, 0.3) is 5.69 Å². The summed E-state index contributed by atoms with van der Waals surface area (Å²) in [4.78, 5) is 16.5. The van der Waals surface area contributed by atoms with Crippen molar-refractivity contribution in [3.8, 4) is 0 Å². The molecule has 0 aliphatic rings. The highest BCUT2D eigenvalue weighted by molar-refractivity contribution is 8.23. The van der Waals surface area contributed by atoms with Gasteiger partial charge in [-0.15, -0.1) is 11.3 Å². The number of non-ortho nitro benzene ring substituents is 1. The third-order valence-electron chi connectivity index (χ3n) is 2.10. The van der Waals surface area contributed by atoms with Crippen LogP contribution in [0.25, 0.3) is 10.2 Å². The Bertz CT molecular complexity index is 624. The number of thiocarbonyl (C=S) groups is 1. The van der Waals surface area contributed by atoms with E-state index in [0.717, 1.165) is 14.6 Å². The Balaban J connectivity index is 2.33. The first-order valence-electron chi connectivity index (χ1n) is 4.91. The predicted molar refractivity (Wildman–Crippen MR) is 78.4 cm³/mol. The predicted octanol–water partition coefficient (Wildman–Crippen LogP) is 3.14. The van der Waals surface area contributed by atoms with Crippen molar-refractivity contribution < 1.29 is 4.92 Å². The minimum absolute atomic E-state index is 0.0814. The SMILES string of the molecule is CN(C)C(=S)Sc1nc2ccc([N+](=O)[O-])cc2s1. The van der Waals surface area contributed by atoms with Gasteiger partial charge < -0.3 is 4.90 Å². The lowest BCUT2D eigenvalue weighted by atomic mass is 10.3. The number of hydrogen-bond donors (Lipinski definition) is 0. The van der Waals surface area contributed by atoms with E-state index in [1.54, 1.807) is 6.07 Å². The zero-order chi connectivity index (χ0) is 13.3. The van der Waals surface area contributed by atoms with Crippen molar-refractivity contribution in [3.63, 3.8) is 0 Å². The Morgan fingerprint density at radius 1 is 1.56 bits per heavy atom. The number of aromatic nitrogens is 1. The summed E-state index contributed by atoms with van der Waals surface area (Å²) in [7, 11) is 3.74. The molecule has 0 saturated carbocycles. The molecule has 2 aromatic rings. The van der Waals surface area contributed by atoms with Gasteiger partial charge in [0.2, 0.25) is 0 Å². The van der Waals surface area contributed by atoms with Crippen molar-refractivity contribution in [1.82, 2.24) is 9.88 Å². The van der Waals surface area contributed by atoms with Crippen LogP contribution < -0.4 is 0 Å². The monoisotopic (exact) mass is 299 g/mol. The van der Waals surface area contributed by atoms with Crippen LogP contribution in [0.15, 0.2) is 22.5 Å². The third-order valence-corrected chi connectivity index (χ3v) is 4.84. The summed E-state index contributed by atoms with van der Waals surface area (Å²) in [5, 5.41) is 10.7. The van der Waals surface area contributed by atoms with Gasteiger partial charge in [-0.2, -0.15) is 0 Å². The summed E-state index contributed by atoms with van der Waals surface area (Å²) < 4.78 is 2.31. The fourth-order valence-electron chi connectivity index (χ4n) is 1.22. The molecule has 0 atom stereocenters. The molecule has 0 saturated heterocycles. The van der Waals surface area contributed by atoms with E-state index in [1.807, 2.05) is 19.0 Å². The smallest absolute Gasteiger partial charge is 0.270 e. The second-order valence-corrected chi connectivity index (χ2v) is 6.56. The minimum Gasteiger partial charge on any atom is -0.363 e. The minimum atomic E-state index is -0.406. The largest absolute Gasteiger partial charge is 0.363 e. The Morgan fingerprint density at radius 2 is 2.28 bits per heavy atom. The normalized spacial score (nSPS) is 10.6. The van der Waals surface area contributed by atoms with E-state index in [-0.39, 0.29) is 5.69 Å². The standard InChI is InChI=1S/C10H9N3O2S3/c1-12(2)10(16)18-9-11-7-4-3-6(13(14)15)5-8(7)17-9/h3-5H,1-2H3. The molecule has 2 rings (SSSR count). The summed E-state index contributed by atoms with van der Waals surface area (Å²) in [6.07, 6.45) is 0. The maximum atomic E-state index is 10.7. The van der Waals surface area contributed by atoms with Crippen LogP contribution in [-0.2, 0) is 0 Å². The first-order chi connectivity index (χ1) is 8.47. The van der Waals surface area contributed by atoms with Crippen LogP contribution in [0, 0.1) is 10.1 Å². The van der Waals surface area contributed by atoms with Crippen molar-refractivity contribution in [1.29, 1.82) is 0 Å². The second-order valence-electron chi connectivity index (χ2n) is 3.65. The first kappa shape index (κ1) is 13.2. The molecule has 0 unspecified atom stereocenters. The number of thioether (sulfide) groups is 1. The fraction of sp³-hybridized carbons (Fsp3) is 0.200. The van der Waals surface area contributed by atoms with Crippen LogP contribution in [0.5, 0.6) is 0 Å². The topological polar surface area (TPSA) is 59.3 Å². The van der Waals surface area contributed by atoms with E-state index in [1.165, 1.54) is 35.2 Å². The van der Waals surface area contributed by atoms with Crippen molar-refractivity contribution in [2.24, 2.45) is 0 Å². The van der Waals surface area contributed by atoms with Crippen LogP contribution in [0.2, 0.25) is 0 Å². The van der Waals surface area contributed by atoms with Gasteiger partial charge in [-0.1, -0.05) is 12.2 Å². The molecule has 18 heavy (non-hydrogen) atoms. The lowest BCUT2D eigenvalue weighted by molar-refractivity contribution is -0.384. The van der Waals surface area contributed by atoms with Crippen LogP contribution in [0.3, 0.4) is 0 Å². The van der Waals surface area contributed by atoms with Gasteiger partial charge in [-0.25, -0.2) is 4.98 Å². The molecule has 1 heterocycles. The third kappa shape index (κ3) is 2.77. The molecular weight excluding hydrogens is 290 g/mol. The van der Waals surface area contributed by atoms with Gasteiger partial charge in [-0.3, -0.25) is 10.1 Å². The molecule has 1 aromatic carbocycles. The zero-order valence-electron chi connectivity index (χ0n) is 9.61. The van der Waals surface area contributed by atoms with Gasteiger partial charge in [0.1, 0.15) is 4.32 Å². The highest BCUT2D eigenvalue weighted by Crippen LogP contribution is 2.32. The Morgan fingerprint density at radius 3 is 2.89 bits per heavy atom. The van der Waals surface area contributed by atoms with Crippen molar-refractivity contribution in [2.45, 2.75) is 4.34 Å². The van der Waals surface area contributed by atoms with Crippen molar-refractivity contribution >= 4 is 55.5 Å². The van der Waals surface area contributed by atoms with Crippen molar-refractivity contribution in [2.75, 3.05) is 14.1 Å². The van der Waals surface area contributed by atoms with E-state index in [9.17, 15) is 10.1 Å². The number of nitrogens with zero attached hydrogens (tertiary/aromatic N) is 3. The van der Waals surface area contributed by atoms with Crippen LogP contribution in [-0.4, -0.2) is 33.2 Å². The Hall–Kier alpha value is -1.25. The number of fused-ring (bicyclic) bond motifs is 1. The molecule has 0 spiro atoms. The molecule has 0 N–H and O–H groups in total. The molecular formula is C10H9N3O2S3. The molecule has 5 nitrogen and oxygen atoms in total. The maximum Gasteiger partial charge on any atom is 0.270 e. The van der Waals surface area contributed by atoms with E-state index in [2.05, 4.69) is 4.98 Å². The van der Waals surface area contributed by atoms with Crippen LogP contribution in [0.1, 0.15) is 0 Å². The van der Waals surface area contributed by atoms with Gasteiger partial charge in [0.15, 0.2) is 4.34 Å². The van der Waals surface area contributed by atoms with E-state index >= 15 is 0 Å². The number of nitro groups is 1. The molecule has 0 aliphatic heterocycles. The average molecular weight is 299 g/mol. The van der Waals surface area contributed by atoms with Gasteiger partial charge in [0, 0.05) is 26.2 Å². The lowest BCUT2D eigenvalue weighted by Gasteiger charge is -2.10. The van der Waals surface area contributed by atoms with Crippen LogP contribution in [0.4, 0.5) is 5.69 Å². The summed E-state index contributed by atoms with van der Waals surface area (Å²) >= 11 is 7.97. The molecule has 94 valence electrons. The number of benzene rings is 1. The van der Waals surface area contributed by atoms with E-state index in [4.69, 9.17) is 12.2 Å². The molecule has 0 amide bonds. The number of hydrogen-bond acceptors (Lipinski definition) is 6. The van der Waals surface area contributed by atoms with E-state index < -0.39 is 4.92 Å². The molecule has 0 bridgehead atoms. The maximum absolute atomic E-state index is 10.7. The fourth-order valence-corrected chi connectivity index (χ4v) is 3.49. The quantitative estimate of drug-likeness (QED) is 0.367. The zero-order valence-corrected chi connectivity index (χ0v) is 12.1. The highest BCUT2D eigenvalue weighted by atomic mass is 32.2. The summed E-state index contributed by atoms with van der Waals surface area (Å²) in [5.41, 5.74) is 0.840. The molecule has 1 aromatic heterocycles. The molecule has 8 heteroatoms. The summed E-state index contributed by atoms with van der Waals surface area (Å²) in [5.74, 6) is 0. The summed E-state index contributed by atoms with van der Waals surface area (Å²) in [6.45, 7) is 0. The molecule has 0 radical (unpaired) electrons. The lowest BCUT2D eigenvalue weighted by Crippen LogP contribution is -2.15. The molecule has 0 aliphatic carbocycles. The van der Waals surface area contributed by atoms with Crippen LogP contribution >= 0.6 is 35.3 Å². The summed E-state index contributed by atoms with van der Waals surface area (Å²) in [6, 6.07) is 4.66. The number of thiazole rings is 1. The number of nitro benzene ring substituents is 1. The molecule has 0 fully saturated rings. The highest BCUT2D eigenvalue weighted by Gasteiger charge is 2.12. The second kappa shape index (κ2) is 5.17. The average Bonchev–Trinajstić information content (AvgIpc) is 2.69. The Kier molecular flexibility index (Phi) is 3.79. The van der Waals surface area contributed by atoms with Gasteiger partial charge >= 0.3 is 0 Å². The number of rotatable bonds is 2. The van der Waals surface area contributed by atoms with Gasteiger partial charge in [-0.05, 0) is 17.8 Å². The van der Waals surface area contributed by atoms with Gasteiger partial charge in [0.05, 0.1) is 15.1 Å². The van der Waals surface area contributed by atoms with E-state index in [0.29, 0.717) is 4.32 Å². The first-order valence-corrected chi connectivity index (χ1v) is 6.95.